The number of rotatable bonds is 13. The van der Waals surface area contributed by atoms with E-state index in [0.29, 0.717) is 21.7 Å². The minimum Gasteiger partial charge on any atom is -0.396 e. The Morgan fingerprint density at radius 1 is 0.538 bits per heavy atom. The molecule has 0 amide bonds. The molecule has 0 spiro atoms. The van der Waals surface area contributed by atoms with E-state index in [-0.39, 0.29) is 82.2 Å². The minimum absolute atomic E-state index is 0.0166. The summed E-state index contributed by atoms with van der Waals surface area (Å²) in [6.45, 7) is -1.10. The van der Waals surface area contributed by atoms with Crippen LogP contribution in [0, 0.1) is 0 Å². The molecular weight excluding hydrogens is 566 g/mol. The van der Waals surface area contributed by atoms with E-state index in [1.54, 1.807) is 12.1 Å². The molecule has 13 heteroatoms. The van der Waals surface area contributed by atoms with E-state index in [4.69, 9.17) is 5.73 Å². The van der Waals surface area contributed by atoms with Crippen molar-refractivity contribution in [2.45, 2.75) is 40.5 Å². The molecule has 0 aliphatic heterocycles. The zero-order valence-electron chi connectivity index (χ0n) is 21.1. The molecule has 0 atom stereocenters. The first-order valence-corrected chi connectivity index (χ1v) is 17.4. The van der Waals surface area contributed by atoms with Crippen LogP contribution in [0.15, 0.2) is 51.1 Å². The molecule has 0 saturated heterocycles. The molecule has 10 nitrogen and oxygen atoms in total. The molecule has 0 fully saturated rings. The van der Waals surface area contributed by atoms with Gasteiger partial charge in [-0.2, -0.15) is 0 Å². The van der Waals surface area contributed by atoms with Gasteiger partial charge in [-0.25, -0.2) is 25.3 Å². The highest BCUT2D eigenvalue weighted by Gasteiger charge is 2.29. The molecule has 0 unspecified atom stereocenters. The van der Waals surface area contributed by atoms with Crippen LogP contribution in [-0.4, -0.2) is 77.7 Å². The van der Waals surface area contributed by atoms with Crippen LogP contribution in [0.25, 0.3) is 32.3 Å². The van der Waals surface area contributed by atoms with Gasteiger partial charge in [0.1, 0.15) is 0 Å². The van der Waals surface area contributed by atoms with Gasteiger partial charge in [-0.15, -0.1) is 0 Å². The zero-order valence-corrected chi connectivity index (χ0v) is 23.6. The maximum atomic E-state index is 13.4. The Morgan fingerprint density at radius 2 is 0.872 bits per heavy atom. The quantitative estimate of drug-likeness (QED) is 0.164. The molecule has 212 valence electrons. The number of sulfone groups is 3. The third kappa shape index (κ3) is 5.36. The molecule has 0 aromatic heterocycles. The van der Waals surface area contributed by atoms with Crippen molar-refractivity contribution < 1.29 is 40.6 Å². The zero-order chi connectivity index (χ0) is 28.6. The van der Waals surface area contributed by atoms with Crippen molar-refractivity contribution in [1.29, 1.82) is 0 Å². The molecule has 4 aromatic rings. The Hall–Kier alpha value is -2.39. The summed E-state index contributed by atoms with van der Waals surface area (Å²) in [7, 11) is -12.0. The van der Waals surface area contributed by atoms with Crippen LogP contribution in [0.3, 0.4) is 0 Å². The molecule has 0 heterocycles. The lowest BCUT2D eigenvalue weighted by molar-refractivity contribution is 0.295. The number of hydrogen-bond donors (Lipinski definition) is 4. The van der Waals surface area contributed by atoms with Crippen LogP contribution in [0.4, 0.5) is 0 Å². The second-order valence-electron chi connectivity index (χ2n) is 9.37. The molecule has 0 saturated carbocycles. The lowest BCUT2D eigenvalue weighted by Gasteiger charge is -2.20. The first-order chi connectivity index (χ1) is 18.4. The summed E-state index contributed by atoms with van der Waals surface area (Å²) in [5, 5.41) is 29.7. The first-order valence-electron chi connectivity index (χ1n) is 12.4. The van der Waals surface area contributed by atoms with Crippen molar-refractivity contribution in [3.63, 3.8) is 0 Å². The van der Waals surface area contributed by atoms with Gasteiger partial charge in [0, 0.05) is 42.5 Å². The molecular formula is C26H31NO9S3. The van der Waals surface area contributed by atoms with Crippen LogP contribution in [0.5, 0.6) is 0 Å². The molecule has 4 aromatic carbocycles. The minimum atomic E-state index is -4.06. The fraction of sp³-hybridized carbons (Fsp3) is 0.385. The number of benzene rings is 4. The van der Waals surface area contributed by atoms with Gasteiger partial charge in [-0.3, -0.25) is 0 Å². The van der Waals surface area contributed by atoms with Crippen LogP contribution >= 0.6 is 0 Å². The predicted molar refractivity (Wildman–Crippen MR) is 149 cm³/mol. The van der Waals surface area contributed by atoms with Crippen LogP contribution in [0.2, 0.25) is 0 Å². The molecule has 0 aliphatic rings. The smallest absolute Gasteiger partial charge is 0.179 e. The van der Waals surface area contributed by atoms with Crippen molar-refractivity contribution in [1.82, 2.24) is 0 Å². The average molecular weight is 598 g/mol. The van der Waals surface area contributed by atoms with E-state index in [1.807, 2.05) is 0 Å². The van der Waals surface area contributed by atoms with Gasteiger partial charge in [0.05, 0.1) is 31.9 Å². The Kier molecular flexibility index (Phi) is 8.53. The van der Waals surface area contributed by atoms with Crippen molar-refractivity contribution in [3.05, 3.63) is 42.0 Å². The van der Waals surface area contributed by atoms with Gasteiger partial charge in [0.15, 0.2) is 29.5 Å². The highest BCUT2D eigenvalue weighted by Crippen LogP contribution is 2.44. The summed E-state index contributed by atoms with van der Waals surface area (Å²) in [6.07, 6.45) is -0.0915. The summed E-state index contributed by atoms with van der Waals surface area (Å²) in [6, 6.07) is 8.82. The SMILES string of the molecule is NCc1cc(S(=O)(=O)CCCO)c2ccc3c(S(=O)(=O)CCCO)cc(S(=O)(=O)CCCO)c4ccc1c2c43. The van der Waals surface area contributed by atoms with E-state index < -0.39 is 41.0 Å². The monoisotopic (exact) mass is 597 g/mol. The molecule has 4 rings (SSSR count). The normalized spacial score (nSPS) is 13.2. The number of nitrogens with two attached hydrogens (primary N) is 1. The third-order valence-electron chi connectivity index (χ3n) is 6.81. The lowest BCUT2D eigenvalue weighted by atomic mass is 9.92. The van der Waals surface area contributed by atoms with Gasteiger partial charge in [-0.05, 0) is 53.1 Å². The molecule has 0 radical (unpaired) electrons. The summed E-state index contributed by atoms with van der Waals surface area (Å²) < 4.78 is 80.3. The fourth-order valence-corrected chi connectivity index (χ4v) is 9.70. The van der Waals surface area contributed by atoms with Crippen LogP contribution < -0.4 is 5.73 Å². The van der Waals surface area contributed by atoms with Crippen LogP contribution in [0.1, 0.15) is 24.8 Å². The van der Waals surface area contributed by atoms with Crippen LogP contribution in [-0.2, 0) is 36.1 Å². The first kappa shape index (κ1) is 29.6. The Bertz CT molecular complexity index is 1790. The van der Waals surface area contributed by atoms with E-state index in [1.165, 1.54) is 18.2 Å². The van der Waals surface area contributed by atoms with Crippen molar-refractivity contribution in [2.75, 3.05) is 37.1 Å². The van der Waals surface area contributed by atoms with Gasteiger partial charge in [-0.1, -0.05) is 24.3 Å². The maximum Gasteiger partial charge on any atom is 0.179 e. The number of hydrogen-bond acceptors (Lipinski definition) is 10. The number of aliphatic hydroxyl groups is 3. The fourth-order valence-electron chi connectivity index (χ4n) is 5.00. The van der Waals surface area contributed by atoms with Gasteiger partial charge in [0.2, 0.25) is 0 Å². The predicted octanol–water partition coefficient (Wildman–Crippen LogP) is 1.51. The molecule has 0 aliphatic carbocycles. The highest BCUT2D eigenvalue weighted by molar-refractivity contribution is 7.92. The molecule has 5 N–H and O–H groups in total. The van der Waals surface area contributed by atoms with E-state index in [9.17, 15) is 40.6 Å². The summed E-state index contributed by atoms with van der Waals surface area (Å²) in [5.74, 6) is -1.16. The third-order valence-corrected chi connectivity index (χ3v) is 12.3. The molecule has 0 bridgehead atoms. The van der Waals surface area contributed by atoms with Crippen molar-refractivity contribution in [3.8, 4) is 0 Å². The lowest BCUT2D eigenvalue weighted by Crippen LogP contribution is -2.14. The Labute approximate surface area is 227 Å². The number of aliphatic hydroxyl groups excluding tert-OH is 3. The largest absolute Gasteiger partial charge is 0.396 e. The van der Waals surface area contributed by atoms with E-state index in [0.717, 1.165) is 6.07 Å². The van der Waals surface area contributed by atoms with Gasteiger partial charge < -0.3 is 21.1 Å². The van der Waals surface area contributed by atoms with Crippen molar-refractivity contribution in [2.24, 2.45) is 5.73 Å². The highest BCUT2D eigenvalue weighted by atomic mass is 32.2. The van der Waals surface area contributed by atoms with E-state index >= 15 is 0 Å². The average Bonchev–Trinajstić information content (AvgIpc) is 2.91. The Morgan fingerprint density at radius 3 is 1.23 bits per heavy atom. The summed E-state index contributed by atoms with van der Waals surface area (Å²) in [4.78, 5) is -0.497. The summed E-state index contributed by atoms with van der Waals surface area (Å²) >= 11 is 0. The summed E-state index contributed by atoms with van der Waals surface area (Å²) in [5.41, 5.74) is 6.48. The van der Waals surface area contributed by atoms with E-state index in [2.05, 4.69) is 0 Å². The second-order valence-corrected chi connectivity index (χ2v) is 15.6. The van der Waals surface area contributed by atoms with Gasteiger partial charge >= 0.3 is 0 Å². The maximum absolute atomic E-state index is 13.4. The molecule has 39 heavy (non-hydrogen) atoms. The standard InChI is InChI=1S/C26H31NO9S3/c27-16-17-14-22(37(31,32)11-1-8-28)19-6-7-21-24(39(35,36)13-3-10-30)15-23(38(33,34)12-2-9-29)20-5-4-18(17)25(19)26(20)21/h4-7,14-15,28-30H,1-3,8-13,16,27H2. The second kappa shape index (κ2) is 11.2. The Balaban J connectivity index is 2.24. The van der Waals surface area contributed by atoms with Gasteiger partial charge in [0.25, 0.3) is 0 Å². The topological polar surface area (TPSA) is 189 Å². The van der Waals surface area contributed by atoms with Crippen molar-refractivity contribution >= 4 is 61.8 Å².